The average molecular weight is 363 g/mol. The van der Waals surface area contributed by atoms with E-state index in [0.717, 1.165) is 11.3 Å². The Balaban J connectivity index is 1.56. The number of amides is 1. The molecule has 1 unspecified atom stereocenters. The van der Waals surface area contributed by atoms with Crippen LogP contribution in [0.1, 0.15) is 28.9 Å². The van der Waals surface area contributed by atoms with Gasteiger partial charge in [-0.2, -0.15) is 6.20 Å². The molecule has 3 N–H and O–H groups in total. The second kappa shape index (κ2) is 8.18. The second-order valence-corrected chi connectivity index (χ2v) is 6.18. The summed E-state index contributed by atoms with van der Waals surface area (Å²) in [6.45, 7) is 1.98. The number of rotatable bonds is 7. The molecular formula is C20H21N5O2. The molecule has 7 nitrogen and oxygen atoms in total. The third-order valence-electron chi connectivity index (χ3n) is 3.93. The van der Waals surface area contributed by atoms with Crippen molar-refractivity contribution in [3.63, 3.8) is 0 Å². The van der Waals surface area contributed by atoms with E-state index < -0.39 is 0 Å². The van der Waals surface area contributed by atoms with E-state index in [4.69, 9.17) is 0 Å². The van der Waals surface area contributed by atoms with Gasteiger partial charge in [0.2, 0.25) is 0 Å². The molecule has 0 bridgehead atoms. The minimum absolute atomic E-state index is 0.0499. The van der Waals surface area contributed by atoms with E-state index >= 15 is 0 Å². The number of carbonyl (C=O) groups is 1. The van der Waals surface area contributed by atoms with E-state index in [1.54, 1.807) is 18.5 Å². The van der Waals surface area contributed by atoms with Gasteiger partial charge in [0.25, 0.3) is 5.91 Å². The Bertz CT molecular complexity index is 933. The summed E-state index contributed by atoms with van der Waals surface area (Å²) in [5.41, 5.74) is 2.95. The third-order valence-corrected chi connectivity index (χ3v) is 3.93. The fraction of sp³-hybridized carbons (Fsp3) is 0.150. The molecule has 0 spiro atoms. The first-order valence-electron chi connectivity index (χ1n) is 8.47. The van der Waals surface area contributed by atoms with E-state index in [9.17, 15) is 9.90 Å². The summed E-state index contributed by atoms with van der Waals surface area (Å²) >= 11 is 0. The number of benzene rings is 1. The lowest BCUT2D eigenvalue weighted by molar-refractivity contribution is -0.429. The molecule has 0 saturated heterocycles. The van der Waals surface area contributed by atoms with Crippen LogP contribution in [0.15, 0.2) is 67.0 Å². The zero-order valence-electron chi connectivity index (χ0n) is 15.1. The summed E-state index contributed by atoms with van der Waals surface area (Å²) in [5.74, 6) is -0.384. The molecule has 7 heteroatoms. The highest BCUT2D eigenvalue weighted by atomic mass is 16.3. The summed E-state index contributed by atoms with van der Waals surface area (Å²) in [6.07, 6.45) is 10.1. The van der Waals surface area contributed by atoms with Crippen LogP contribution in [-0.4, -0.2) is 33.8 Å². The summed E-state index contributed by atoms with van der Waals surface area (Å²) in [5, 5.41) is 19.8. The normalized spacial score (nSPS) is 14.0. The van der Waals surface area contributed by atoms with Gasteiger partial charge >= 0.3 is 0 Å². The standard InChI is InChI=1S/C20H21N5O2/c1-14(22-6-7-23-18-12-25(2)13-18)15-4-3-5-17(8-15)24-20(27)16-9-19(26)11-21-10-16/h3-14,23,26H,1-2H3,(H,24,27). The number of anilines is 1. The predicted octanol–water partition coefficient (Wildman–Crippen LogP) is 3.10. The summed E-state index contributed by atoms with van der Waals surface area (Å²) in [4.78, 5) is 16.1. The van der Waals surface area contributed by atoms with Gasteiger partial charge in [-0.3, -0.25) is 9.78 Å². The van der Waals surface area contributed by atoms with Crippen LogP contribution in [0.2, 0.25) is 0 Å². The van der Waals surface area contributed by atoms with Gasteiger partial charge in [0.1, 0.15) is 12.8 Å². The van der Waals surface area contributed by atoms with E-state index in [1.807, 2.05) is 49.2 Å². The third kappa shape index (κ3) is 4.94. The molecule has 0 saturated carbocycles. The molecular weight excluding hydrogens is 342 g/mol. The van der Waals surface area contributed by atoms with E-state index in [2.05, 4.69) is 20.9 Å². The van der Waals surface area contributed by atoms with Gasteiger partial charge in [-0.15, -0.1) is 0 Å². The Morgan fingerprint density at radius 3 is 2.89 bits per heavy atom. The van der Waals surface area contributed by atoms with Crippen LogP contribution < -0.4 is 10.6 Å². The molecule has 2 aromatic rings. The first-order valence-corrected chi connectivity index (χ1v) is 8.47. The minimum Gasteiger partial charge on any atom is -0.683 e. The molecule has 1 atom stereocenters. The minimum atomic E-state index is -0.334. The van der Waals surface area contributed by atoms with E-state index in [0.29, 0.717) is 11.3 Å². The van der Waals surface area contributed by atoms with Crippen LogP contribution in [0.3, 0.4) is 0 Å². The van der Waals surface area contributed by atoms with Crippen molar-refractivity contribution in [3.8, 4) is 5.75 Å². The molecule has 1 aromatic heterocycles. The maximum atomic E-state index is 12.3. The summed E-state index contributed by atoms with van der Waals surface area (Å²) in [6, 6.07) is 8.80. The molecule has 0 radical (unpaired) electrons. The van der Waals surface area contributed by atoms with Crippen LogP contribution in [0.4, 0.5) is 5.69 Å². The molecule has 3 rings (SSSR count). The van der Waals surface area contributed by atoms with Gasteiger partial charge in [0.05, 0.1) is 11.8 Å². The van der Waals surface area contributed by atoms with Crippen molar-refractivity contribution < 1.29 is 14.5 Å². The molecule has 1 aliphatic rings. The maximum Gasteiger partial charge on any atom is 0.257 e. The van der Waals surface area contributed by atoms with Gasteiger partial charge in [0.15, 0.2) is 18.1 Å². The molecule has 1 aliphatic heterocycles. The monoisotopic (exact) mass is 363 g/mol. The molecule has 0 fully saturated rings. The van der Waals surface area contributed by atoms with Crippen molar-refractivity contribution in [1.29, 1.82) is 0 Å². The van der Waals surface area contributed by atoms with E-state index in [-0.39, 0.29) is 17.7 Å². The van der Waals surface area contributed by atoms with Crippen LogP contribution in [-0.2, 0) is 0 Å². The lowest BCUT2D eigenvalue weighted by Gasteiger charge is -2.26. The summed E-state index contributed by atoms with van der Waals surface area (Å²) in [7, 11) is 1.96. The lowest BCUT2D eigenvalue weighted by atomic mass is 10.1. The topological polar surface area (TPSA) is 91.4 Å². The van der Waals surface area contributed by atoms with Gasteiger partial charge in [-0.25, -0.2) is 4.58 Å². The first kappa shape index (κ1) is 18.2. The van der Waals surface area contributed by atoms with Gasteiger partial charge in [-0.05, 0) is 24.4 Å². The number of allylic oxidation sites excluding steroid dienone is 1. The SMILES string of the molecule is CC([N-]C=CNC1=C[N+](C)=C1)c1cccc(NC(=O)c2cncc(O)c2)c1. The average Bonchev–Trinajstić information content (AvgIpc) is 2.63. The fourth-order valence-electron chi connectivity index (χ4n) is 2.52. The number of aromatic hydroxyl groups is 1. The highest BCUT2D eigenvalue weighted by molar-refractivity contribution is 6.04. The van der Waals surface area contributed by atoms with Crippen LogP contribution in [0.5, 0.6) is 5.75 Å². The Kier molecular flexibility index (Phi) is 5.51. The number of hydrogen-bond acceptors (Lipinski definition) is 4. The van der Waals surface area contributed by atoms with Crippen LogP contribution in [0.25, 0.3) is 5.32 Å². The highest BCUT2D eigenvalue weighted by Crippen LogP contribution is 2.24. The van der Waals surface area contributed by atoms with Crippen molar-refractivity contribution in [1.82, 2.24) is 10.3 Å². The maximum absolute atomic E-state index is 12.3. The lowest BCUT2D eigenvalue weighted by Crippen LogP contribution is -2.21. The zero-order chi connectivity index (χ0) is 19.2. The first-order chi connectivity index (χ1) is 13.0. The Hall–Kier alpha value is -3.61. The molecule has 138 valence electrons. The van der Waals surface area contributed by atoms with Gasteiger partial charge < -0.3 is 21.1 Å². The molecule has 2 heterocycles. The van der Waals surface area contributed by atoms with Crippen molar-refractivity contribution in [2.75, 3.05) is 12.4 Å². The van der Waals surface area contributed by atoms with Crippen LogP contribution in [0, 0.1) is 0 Å². The molecule has 0 aliphatic carbocycles. The van der Waals surface area contributed by atoms with Crippen molar-refractivity contribution >= 4 is 17.8 Å². The van der Waals surface area contributed by atoms with Crippen molar-refractivity contribution in [3.05, 3.63) is 83.5 Å². The quantitative estimate of drug-likeness (QED) is 0.659. The van der Waals surface area contributed by atoms with Crippen LogP contribution >= 0.6 is 0 Å². The summed E-state index contributed by atoms with van der Waals surface area (Å²) < 4.78 is 1.96. The van der Waals surface area contributed by atoms with Gasteiger partial charge in [-0.1, -0.05) is 30.7 Å². The Morgan fingerprint density at radius 1 is 1.33 bits per heavy atom. The number of pyridine rings is 1. The number of carbonyl (C=O) groups excluding carboxylic acids is 1. The van der Waals surface area contributed by atoms with Crippen molar-refractivity contribution in [2.45, 2.75) is 13.0 Å². The van der Waals surface area contributed by atoms with E-state index in [1.165, 1.54) is 18.5 Å². The zero-order valence-corrected chi connectivity index (χ0v) is 15.1. The molecule has 1 aromatic carbocycles. The number of nitrogens with zero attached hydrogens (tertiary/aromatic N) is 3. The second-order valence-electron chi connectivity index (χ2n) is 6.18. The fourth-order valence-corrected chi connectivity index (χ4v) is 2.52. The number of hydrogen-bond donors (Lipinski definition) is 3. The Morgan fingerprint density at radius 2 is 2.15 bits per heavy atom. The largest absolute Gasteiger partial charge is 0.683 e. The number of nitrogens with one attached hydrogen (secondary N) is 2. The Labute approximate surface area is 157 Å². The molecule has 27 heavy (non-hydrogen) atoms. The van der Waals surface area contributed by atoms with Crippen molar-refractivity contribution in [2.24, 2.45) is 0 Å². The number of aromatic nitrogens is 1. The predicted molar refractivity (Wildman–Crippen MR) is 105 cm³/mol. The highest BCUT2D eigenvalue weighted by Gasteiger charge is 2.09. The molecule has 1 amide bonds. The smallest absolute Gasteiger partial charge is 0.257 e. The van der Waals surface area contributed by atoms with Gasteiger partial charge in [0, 0.05) is 11.9 Å².